The zero-order chi connectivity index (χ0) is 17.1. The molecule has 124 valence electrons. The summed E-state index contributed by atoms with van der Waals surface area (Å²) in [5.74, 6) is -0.0285. The highest BCUT2D eigenvalue weighted by atomic mass is 35.5. The van der Waals surface area contributed by atoms with Crippen LogP contribution in [0.5, 0.6) is 0 Å². The molecule has 1 aliphatic heterocycles. The van der Waals surface area contributed by atoms with Gasteiger partial charge in [-0.05, 0) is 24.6 Å². The minimum absolute atomic E-state index is 0.00653. The first-order chi connectivity index (χ1) is 11.6. The predicted molar refractivity (Wildman–Crippen MR) is 88.2 cm³/mol. The van der Waals surface area contributed by atoms with Gasteiger partial charge in [0.1, 0.15) is 17.7 Å². The smallest absolute Gasteiger partial charge is 0.249 e. The van der Waals surface area contributed by atoms with Gasteiger partial charge < -0.3 is 10.2 Å². The molecule has 2 aromatic rings. The number of nitrogens with zero attached hydrogens (tertiary/aromatic N) is 4. The first kappa shape index (κ1) is 16.3. The number of amides is 1. The molecule has 3 rings (SSSR count). The van der Waals surface area contributed by atoms with Crippen molar-refractivity contribution in [3.63, 3.8) is 0 Å². The van der Waals surface area contributed by atoms with Crippen LogP contribution in [0.15, 0.2) is 30.5 Å². The number of rotatable bonds is 5. The summed E-state index contributed by atoms with van der Waals surface area (Å²) >= 11 is 5.79. The molecular weight excluding hydrogens is 333 g/mol. The van der Waals surface area contributed by atoms with E-state index in [0.29, 0.717) is 37.4 Å². The average Bonchev–Trinajstić information content (AvgIpc) is 3.16. The molecular formula is C16H15ClFN5O. The van der Waals surface area contributed by atoms with Gasteiger partial charge in [0.25, 0.3) is 0 Å². The van der Waals surface area contributed by atoms with Crippen LogP contribution in [-0.2, 0) is 11.3 Å². The lowest BCUT2D eigenvalue weighted by atomic mass is 10.2. The van der Waals surface area contributed by atoms with Crippen LogP contribution in [-0.4, -0.2) is 28.3 Å². The van der Waals surface area contributed by atoms with E-state index >= 15 is 0 Å². The number of benzene rings is 1. The third-order valence-corrected chi connectivity index (χ3v) is 4.13. The summed E-state index contributed by atoms with van der Waals surface area (Å²) < 4.78 is 14.9. The summed E-state index contributed by atoms with van der Waals surface area (Å²) in [6, 6.07) is 7.67. The van der Waals surface area contributed by atoms with Crippen LogP contribution >= 0.6 is 11.6 Å². The second-order valence-electron chi connectivity index (χ2n) is 5.45. The molecule has 0 unspecified atom stereocenters. The molecule has 1 saturated heterocycles. The first-order valence-corrected chi connectivity index (χ1v) is 7.89. The number of nitrogens with one attached hydrogen (secondary N) is 1. The minimum Gasteiger partial charge on any atom is -0.357 e. The number of hydrogen-bond donors (Lipinski definition) is 1. The Morgan fingerprint density at radius 1 is 1.46 bits per heavy atom. The second-order valence-corrected chi connectivity index (χ2v) is 5.85. The van der Waals surface area contributed by atoms with Crippen molar-refractivity contribution >= 4 is 29.0 Å². The molecule has 1 N–H and O–H groups in total. The van der Waals surface area contributed by atoms with Crippen molar-refractivity contribution in [1.29, 1.82) is 5.26 Å². The Kier molecular flexibility index (Phi) is 4.67. The molecule has 0 bridgehead atoms. The van der Waals surface area contributed by atoms with Crippen LogP contribution in [0.1, 0.15) is 12.8 Å². The molecule has 1 aliphatic rings. The molecule has 1 aromatic heterocycles. The fraction of sp³-hybridized carbons (Fsp3) is 0.312. The SMILES string of the molecule is N#CCCn1ccc(N[C@H]2CCN(c3ccc(F)c(Cl)c3)C2=O)n1. The van der Waals surface area contributed by atoms with Crippen molar-refractivity contribution in [1.82, 2.24) is 9.78 Å². The van der Waals surface area contributed by atoms with Crippen molar-refractivity contribution in [2.75, 3.05) is 16.8 Å². The number of aromatic nitrogens is 2. The summed E-state index contributed by atoms with van der Waals surface area (Å²) in [4.78, 5) is 14.1. The molecule has 1 aromatic carbocycles. The van der Waals surface area contributed by atoms with E-state index in [-0.39, 0.29) is 10.9 Å². The molecule has 0 aliphatic carbocycles. The lowest BCUT2D eigenvalue weighted by Gasteiger charge is -2.17. The number of anilines is 2. The van der Waals surface area contributed by atoms with Crippen LogP contribution in [0.3, 0.4) is 0 Å². The Morgan fingerprint density at radius 2 is 2.29 bits per heavy atom. The van der Waals surface area contributed by atoms with Crippen LogP contribution in [0.4, 0.5) is 15.9 Å². The van der Waals surface area contributed by atoms with Gasteiger partial charge in [-0.15, -0.1) is 0 Å². The molecule has 6 nitrogen and oxygen atoms in total. The van der Waals surface area contributed by atoms with Crippen molar-refractivity contribution in [3.05, 3.63) is 41.3 Å². The summed E-state index contributed by atoms with van der Waals surface area (Å²) in [5.41, 5.74) is 0.579. The topological polar surface area (TPSA) is 74.0 Å². The third-order valence-electron chi connectivity index (χ3n) is 3.84. The van der Waals surface area contributed by atoms with E-state index in [1.807, 2.05) is 0 Å². The van der Waals surface area contributed by atoms with Crippen LogP contribution in [0, 0.1) is 17.1 Å². The second kappa shape index (κ2) is 6.89. The predicted octanol–water partition coefficient (Wildman–Crippen LogP) is 2.81. The third kappa shape index (κ3) is 3.34. The van der Waals surface area contributed by atoms with Crippen LogP contribution in [0.2, 0.25) is 5.02 Å². The summed E-state index contributed by atoms with van der Waals surface area (Å²) in [6.07, 6.45) is 2.75. The van der Waals surface area contributed by atoms with Gasteiger partial charge in [0.2, 0.25) is 5.91 Å². The Labute approximate surface area is 143 Å². The Bertz CT molecular complexity index is 800. The van der Waals surface area contributed by atoms with Crippen molar-refractivity contribution in [2.45, 2.75) is 25.4 Å². The van der Waals surface area contributed by atoms with E-state index in [9.17, 15) is 9.18 Å². The van der Waals surface area contributed by atoms with Gasteiger partial charge in [0.15, 0.2) is 0 Å². The van der Waals surface area contributed by atoms with Gasteiger partial charge in [0, 0.05) is 24.5 Å². The monoisotopic (exact) mass is 347 g/mol. The van der Waals surface area contributed by atoms with Crippen LogP contribution < -0.4 is 10.2 Å². The minimum atomic E-state index is -0.510. The molecule has 24 heavy (non-hydrogen) atoms. The highest BCUT2D eigenvalue weighted by Crippen LogP contribution is 2.27. The number of carbonyl (C=O) groups is 1. The quantitative estimate of drug-likeness (QED) is 0.902. The molecule has 8 heteroatoms. The van der Waals surface area contributed by atoms with Crippen molar-refractivity contribution < 1.29 is 9.18 Å². The van der Waals surface area contributed by atoms with E-state index in [1.54, 1.807) is 21.8 Å². The van der Waals surface area contributed by atoms with Gasteiger partial charge in [-0.2, -0.15) is 10.4 Å². The summed E-state index contributed by atoms with van der Waals surface area (Å²) in [7, 11) is 0. The Balaban J connectivity index is 1.66. The van der Waals surface area contributed by atoms with Crippen LogP contribution in [0.25, 0.3) is 0 Å². The van der Waals surface area contributed by atoms with Gasteiger partial charge in [-0.3, -0.25) is 9.48 Å². The standard InChI is InChI=1S/C16H15ClFN5O/c17-12-10-11(2-3-13(12)18)23-9-4-14(16(23)24)20-15-5-8-22(21-15)7-1-6-19/h2-3,5,8,10,14H,1,4,7,9H2,(H,20,21)/t14-/m0/s1. The van der Waals surface area contributed by atoms with Gasteiger partial charge in [-0.1, -0.05) is 11.6 Å². The maximum Gasteiger partial charge on any atom is 0.249 e. The largest absolute Gasteiger partial charge is 0.357 e. The fourth-order valence-corrected chi connectivity index (χ4v) is 2.80. The number of hydrogen-bond acceptors (Lipinski definition) is 4. The maximum atomic E-state index is 13.3. The lowest BCUT2D eigenvalue weighted by Crippen LogP contribution is -2.33. The summed E-state index contributed by atoms with van der Waals surface area (Å²) in [5, 5.41) is 16.0. The lowest BCUT2D eigenvalue weighted by molar-refractivity contribution is -0.117. The van der Waals surface area contributed by atoms with E-state index < -0.39 is 11.9 Å². The number of carbonyl (C=O) groups excluding carboxylic acids is 1. The fourth-order valence-electron chi connectivity index (χ4n) is 2.63. The Hall–Kier alpha value is -2.59. The molecule has 0 radical (unpaired) electrons. The van der Waals surface area contributed by atoms with Crippen molar-refractivity contribution in [2.24, 2.45) is 0 Å². The highest BCUT2D eigenvalue weighted by Gasteiger charge is 2.33. The maximum absolute atomic E-state index is 13.3. The number of halogens is 2. The van der Waals surface area contributed by atoms with E-state index in [0.717, 1.165) is 0 Å². The molecule has 0 saturated carbocycles. The van der Waals surface area contributed by atoms with E-state index in [4.69, 9.17) is 16.9 Å². The Morgan fingerprint density at radius 3 is 3.04 bits per heavy atom. The first-order valence-electron chi connectivity index (χ1n) is 7.52. The zero-order valence-electron chi connectivity index (χ0n) is 12.7. The average molecular weight is 348 g/mol. The molecule has 0 spiro atoms. The molecule has 1 atom stereocenters. The van der Waals surface area contributed by atoms with E-state index in [2.05, 4.69) is 16.5 Å². The molecule has 1 amide bonds. The van der Waals surface area contributed by atoms with E-state index in [1.165, 1.54) is 18.2 Å². The van der Waals surface area contributed by atoms with Crippen molar-refractivity contribution in [3.8, 4) is 6.07 Å². The molecule has 2 heterocycles. The zero-order valence-corrected chi connectivity index (χ0v) is 13.5. The highest BCUT2D eigenvalue weighted by molar-refractivity contribution is 6.31. The number of aryl methyl sites for hydroxylation is 1. The van der Waals surface area contributed by atoms with Gasteiger partial charge in [-0.25, -0.2) is 4.39 Å². The molecule has 1 fully saturated rings. The summed E-state index contributed by atoms with van der Waals surface area (Å²) in [6.45, 7) is 1.03. The number of nitriles is 1. The van der Waals surface area contributed by atoms with Gasteiger partial charge in [0.05, 0.1) is 24.1 Å². The van der Waals surface area contributed by atoms with Gasteiger partial charge >= 0.3 is 0 Å². The normalized spacial score (nSPS) is 17.1.